The minimum Gasteiger partial charge on any atom is -0.375 e. The lowest BCUT2D eigenvalue weighted by atomic mass is 9.75. The van der Waals surface area contributed by atoms with Crippen LogP contribution >= 0.6 is 0 Å². The molecule has 3 nitrogen and oxygen atoms in total. The van der Waals surface area contributed by atoms with E-state index in [4.69, 9.17) is 10.5 Å². The monoisotopic (exact) mass is 245 g/mol. The summed E-state index contributed by atoms with van der Waals surface area (Å²) in [7, 11) is -0.711. The minimum atomic E-state index is -0.711. The van der Waals surface area contributed by atoms with Crippen LogP contribution in [0.4, 0.5) is 0 Å². The van der Waals surface area contributed by atoms with Crippen LogP contribution in [0.2, 0.25) is 0 Å². The van der Waals surface area contributed by atoms with Gasteiger partial charge in [0.05, 0.1) is 5.60 Å². The van der Waals surface area contributed by atoms with Gasteiger partial charge < -0.3 is 10.5 Å². The molecule has 1 heterocycles. The van der Waals surface area contributed by atoms with Gasteiger partial charge in [0.25, 0.3) is 0 Å². The number of hydrogen-bond donors (Lipinski definition) is 1. The molecule has 1 spiro atoms. The first-order chi connectivity index (χ1) is 7.65. The van der Waals surface area contributed by atoms with Gasteiger partial charge in [0.2, 0.25) is 0 Å². The molecule has 0 aromatic carbocycles. The molecule has 1 saturated heterocycles. The predicted molar refractivity (Wildman–Crippen MR) is 66.8 cm³/mol. The van der Waals surface area contributed by atoms with Gasteiger partial charge in [-0.25, -0.2) is 0 Å². The number of rotatable bonds is 4. The van der Waals surface area contributed by atoms with Crippen molar-refractivity contribution < 1.29 is 8.95 Å². The van der Waals surface area contributed by atoms with E-state index in [0.717, 1.165) is 25.2 Å². The second-order valence-electron chi connectivity index (χ2n) is 5.39. The average molecular weight is 245 g/mol. The van der Waals surface area contributed by atoms with Crippen LogP contribution in [-0.2, 0) is 15.5 Å². The summed E-state index contributed by atoms with van der Waals surface area (Å²) in [6.07, 6.45) is 5.60. The van der Waals surface area contributed by atoms with Crippen molar-refractivity contribution >= 4 is 10.8 Å². The first kappa shape index (κ1) is 12.5. The molecule has 2 fully saturated rings. The number of ether oxygens (including phenoxy) is 1. The van der Waals surface area contributed by atoms with E-state index in [0.29, 0.717) is 17.7 Å². The lowest BCUT2D eigenvalue weighted by Gasteiger charge is -2.47. The van der Waals surface area contributed by atoms with Gasteiger partial charge in [0.1, 0.15) is 0 Å². The highest BCUT2D eigenvalue weighted by Crippen LogP contribution is 2.43. The smallest absolute Gasteiger partial charge is 0.0694 e. The summed E-state index contributed by atoms with van der Waals surface area (Å²) >= 11 is 0. The van der Waals surface area contributed by atoms with Crippen molar-refractivity contribution in [2.24, 2.45) is 11.7 Å². The Hall–Kier alpha value is 0.0700. The molecule has 3 unspecified atom stereocenters. The zero-order chi connectivity index (χ0) is 11.6. The van der Waals surface area contributed by atoms with Gasteiger partial charge >= 0.3 is 0 Å². The van der Waals surface area contributed by atoms with Crippen LogP contribution in [-0.4, -0.2) is 34.0 Å². The van der Waals surface area contributed by atoms with E-state index in [1.807, 2.05) is 0 Å². The number of nitrogens with two attached hydrogens (primary N) is 1. The van der Waals surface area contributed by atoms with Crippen molar-refractivity contribution in [1.29, 1.82) is 0 Å². The molecule has 3 atom stereocenters. The van der Waals surface area contributed by atoms with Gasteiger partial charge in [0.15, 0.2) is 0 Å². The lowest BCUT2D eigenvalue weighted by molar-refractivity contribution is -0.125. The predicted octanol–water partition coefficient (Wildman–Crippen LogP) is 1.43. The summed E-state index contributed by atoms with van der Waals surface area (Å²) in [6.45, 7) is 3.52. The van der Waals surface area contributed by atoms with Gasteiger partial charge in [-0.2, -0.15) is 0 Å². The van der Waals surface area contributed by atoms with E-state index in [1.165, 1.54) is 19.3 Å². The van der Waals surface area contributed by atoms with Crippen molar-refractivity contribution in [3.63, 3.8) is 0 Å². The second kappa shape index (κ2) is 5.15. The first-order valence-corrected chi connectivity index (χ1v) is 7.75. The maximum Gasteiger partial charge on any atom is 0.0694 e. The highest BCUT2D eigenvalue weighted by atomic mass is 32.2. The zero-order valence-corrected chi connectivity index (χ0v) is 10.9. The zero-order valence-electron chi connectivity index (χ0n) is 10.1. The third-order valence-corrected chi connectivity index (χ3v) is 5.98. The molecule has 1 aliphatic heterocycles. The van der Waals surface area contributed by atoms with Crippen LogP contribution in [0.5, 0.6) is 0 Å². The highest BCUT2D eigenvalue weighted by molar-refractivity contribution is 7.85. The standard InChI is InChI=1S/C12H23NO2S/c1-10(8-13)9-16(14)11-3-6-15-12(7-11)4-2-5-12/h10-11H,2-9,13H2,1H3. The molecule has 0 aromatic rings. The van der Waals surface area contributed by atoms with E-state index in [9.17, 15) is 4.21 Å². The molecule has 94 valence electrons. The summed E-state index contributed by atoms with van der Waals surface area (Å²) in [5.41, 5.74) is 5.70. The third kappa shape index (κ3) is 2.66. The van der Waals surface area contributed by atoms with Crippen molar-refractivity contribution in [3.05, 3.63) is 0 Å². The summed E-state index contributed by atoms with van der Waals surface area (Å²) in [5.74, 6) is 1.14. The Balaban J connectivity index is 1.86. The molecule has 0 bridgehead atoms. The maximum atomic E-state index is 12.2. The second-order valence-corrected chi connectivity index (χ2v) is 7.15. The van der Waals surface area contributed by atoms with Crippen molar-refractivity contribution in [2.45, 2.75) is 49.9 Å². The first-order valence-electron chi connectivity index (χ1n) is 6.36. The lowest BCUT2D eigenvalue weighted by Crippen LogP contribution is -2.48. The van der Waals surface area contributed by atoms with Gasteiger partial charge in [-0.3, -0.25) is 4.21 Å². The molecule has 16 heavy (non-hydrogen) atoms. The third-order valence-electron chi connectivity index (χ3n) is 3.94. The van der Waals surface area contributed by atoms with Crippen LogP contribution in [0.15, 0.2) is 0 Å². The normalized spacial score (nSPS) is 32.0. The molecular weight excluding hydrogens is 222 g/mol. The van der Waals surface area contributed by atoms with Gasteiger partial charge in [-0.15, -0.1) is 0 Å². The van der Waals surface area contributed by atoms with E-state index in [2.05, 4.69) is 6.92 Å². The molecule has 1 aliphatic carbocycles. The molecule has 0 amide bonds. The topological polar surface area (TPSA) is 52.3 Å². The summed E-state index contributed by atoms with van der Waals surface area (Å²) in [5, 5.41) is 0.350. The molecule has 0 aromatic heterocycles. The average Bonchev–Trinajstić information content (AvgIpc) is 2.27. The fourth-order valence-electron chi connectivity index (χ4n) is 2.61. The van der Waals surface area contributed by atoms with Crippen molar-refractivity contribution in [2.75, 3.05) is 18.9 Å². The van der Waals surface area contributed by atoms with E-state index in [1.54, 1.807) is 0 Å². The molecule has 2 rings (SSSR count). The van der Waals surface area contributed by atoms with Crippen LogP contribution in [0, 0.1) is 5.92 Å². The van der Waals surface area contributed by atoms with Gasteiger partial charge in [-0.1, -0.05) is 6.92 Å². The van der Waals surface area contributed by atoms with Crippen molar-refractivity contribution in [1.82, 2.24) is 0 Å². The Morgan fingerprint density at radius 1 is 1.56 bits per heavy atom. The van der Waals surface area contributed by atoms with Gasteiger partial charge in [0, 0.05) is 28.4 Å². The van der Waals surface area contributed by atoms with Crippen LogP contribution in [0.25, 0.3) is 0 Å². The SMILES string of the molecule is CC(CN)CS(=O)C1CCOC2(CCC2)C1. The molecule has 4 heteroatoms. The Bertz CT molecular complexity index is 266. The molecule has 2 N–H and O–H groups in total. The summed E-state index contributed by atoms with van der Waals surface area (Å²) in [4.78, 5) is 0. The van der Waals surface area contributed by atoms with Crippen LogP contribution in [0.3, 0.4) is 0 Å². The van der Waals surface area contributed by atoms with Gasteiger partial charge in [-0.05, 0) is 44.6 Å². The van der Waals surface area contributed by atoms with E-state index in [-0.39, 0.29) is 5.60 Å². The minimum absolute atomic E-state index is 0.116. The van der Waals surface area contributed by atoms with E-state index < -0.39 is 10.8 Å². The highest BCUT2D eigenvalue weighted by Gasteiger charge is 2.43. The Labute approximate surface area is 101 Å². The Morgan fingerprint density at radius 3 is 2.88 bits per heavy atom. The van der Waals surface area contributed by atoms with Crippen molar-refractivity contribution in [3.8, 4) is 0 Å². The quantitative estimate of drug-likeness (QED) is 0.815. The van der Waals surface area contributed by atoms with E-state index >= 15 is 0 Å². The fraction of sp³-hybridized carbons (Fsp3) is 1.00. The summed E-state index contributed by atoms with van der Waals surface area (Å²) < 4.78 is 18.0. The molecule has 0 radical (unpaired) electrons. The van der Waals surface area contributed by atoms with Crippen LogP contribution < -0.4 is 5.73 Å². The molecular formula is C12H23NO2S. The molecule has 1 saturated carbocycles. The Kier molecular flexibility index (Phi) is 4.03. The Morgan fingerprint density at radius 2 is 2.31 bits per heavy atom. The number of hydrogen-bond acceptors (Lipinski definition) is 3. The van der Waals surface area contributed by atoms with Crippen LogP contribution in [0.1, 0.15) is 39.0 Å². The fourth-order valence-corrected chi connectivity index (χ4v) is 4.43. The largest absolute Gasteiger partial charge is 0.375 e. The molecule has 2 aliphatic rings. The summed E-state index contributed by atoms with van der Waals surface area (Å²) in [6, 6.07) is 0. The maximum absolute atomic E-state index is 12.2.